The van der Waals surface area contributed by atoms with Gasteiger partial charge in [0.05, 0.1) is 0 Å². The number of carbonyl (C=O) groups is 2. The van der Waals surface area contributed by atoms with Gasteiger partial charge in [0.15, 0.2) is 6.10 Å². The van der Waals surface area contributed by atoms with Gasteiger partial charge >= 0.3 is 12.1 Å². The molecule has 0 aromatic heterocycles. The summed E-state index contributed by atoms with van der Waals surface area (Å²) in [5.41, 5.74) is -2.36. The first-order valence-electron chi connectivity index (χ1n) is 6.46. The molecule has 1 aromatic carbocycles. The van der Waals surface area contributed by atoms with Gasteiger partial charge in [-0.05, 0) is 18.6 Å². The number of carboxylic acids is 1. The highest BCUT2D eigenvalue weighted by molar-refractivity contribution is 5.94. The van der Waals surface area contributed by atoms with Crippen LogP contribution in [0.3, 0.4) is 0 Å². The van der Waals surface area contributed by atoms with E-state index in [2.05, 4.69) is 5.32 Å². The normalized spacial score (nSPS) is 15.7. The third-order valence-electron chi connectivity index (χ3n) is 3.49. The minimum Gasteiger partial charge on any atom is -0.481 e. The molecule has 2 atom stereocenters. The van der Waals surface area contributed by atoms with Gasteiger partial charge < -0.3 is 15.5 Å². The number of aliphatic hydroxyl groups is 1. The lowest BCUT2D eigenvalue weighted by Gasteiger charge is -2.34. The molecule has 0 saturated carbocycles. The van der Waals surface area contributed by atoms with E-state index in [-0.39, 0.29) is 5.56 Å². The molecule has 8 heteroatoms. The molecule has 3 N–H and O–H groups in total. The van der Waals surface area contributed by atoms with Crippen molar-refractivity contribution >= 4 is 11.9 Å². The van der Waals surface area contributed by atoms with E-state index in [9.17, 15) is 27.9 Å². The SMILES string of the molecule is CC[C@](CNC(=O)c1ccccc1)(C(=O)O)[C@H](O)C(F)(F)F. The quantitative estimate of drug-likeness (QED) is 0.746. The predicted octanol–water partition coefficient (Wildman–Crippen LogP) is 1.82. The zero-order valence-corrected chi connectivity index (χ0v) is 11.7. The van der Waals surface area contributed by atoms with Crippen LogP contribution in [-0.4, -0.2) is 40.9 Å². The fraction of sp³-hybridized carbons (Fsp3) is 0.429. The van der Waals surface area contributed by atoms with Gasteiger partial charge in [-0.3, -0.25) is 9.59 Å². The van der Waals surface area contributed by atoms with Crippen molar-refractivity contribution in [1.29, 1.82) is 0 Å². The first-order chi connectivity index (χ1) is 10.1. The van der Waals surface area contributed by atoms with Crippen LogP contribution in [0.2, 0.25) is 0 Å². The van der Waals surface area contributed by atoms with E-state index < -0.39 is 42.5 Å². The third-order valence-corrected chi connectivity index (χ3v) is 3.49. The van der Waals surface area contributed by atoms with Crippen LogP contribution in [-0.2, 0) is 4.79 Å². The van der Waals surface area contributed by atoms with Crippen molar-refractivity contribution in [1.82, 2.24) is 5.32 Å². The molecular formula is C14H16F3NO4. The zero-order valence-electron chi connectivity index (χ0n) is 11.7. The Balaban J connectivity index is 2.96. The Morgan fingerprint density at radius 2 is 1.77 bits per heavy atom. The molecule has 1 amide bonds. The van der Waals surface area contributed by atoms with Gasteiger partial charge in [-0.1, -0.05) is 25.1 Å². The molecule has 0 saturated heterocycles. The summed E-state index contributed by atoms with van der Waals surface area (Å²) in [5, 5.41) is 20.7. The number of nitrogens with one attached hydrogen (secondary N) is 1. The maximum atomic E-state index is 12.7. The lowest BCUT2D eigenvalue weighted by Crippen LogP contribution is -2.55. The van der Waals surface area contributed by atoms with Gasteiger partial charge in [0.1, 0.15) is 5.41 Å². The molecule has 122 valence electrons. The number of hydrogen-bond acceptors (Lipinski definition) is 3. The Morgan fingerprint density at radius 1 is 1.23 bits per heavy atom. The molecule has 0 aliphatic rings. The van der Waals surface area contributed by atoms with E-state index in [1.807, 2.05) is 0 Å². The molecule has 0 spiro atoms. The first-order valence-corrected chi connectivity index (χ1v) is 6.46. The highest BCUT2D eigenvalue weighted by atomic mass is 19.4. The van der Waals surface area contributed by atoms with Gasteiger partial charge in [0, 0.05) is 12.1 Å². The monoisotopic (exact) mass is 319 g/mol. The zero-order chi connectivity index (χ0) is 17.0. The summed E-state index contributed by atoms with van der Waals surface area (Å²) < 4.78 is 38.1. The number of amides is 1. The van der Waals surface area contributed by atoms with Crippen LogP contribution in [0.25, 0.3) is 0 Å². The number of aliphatic hydroxyl groups excluding tert-OH is 1. The van der Waals surface area contributed by atoms with E-state index in [0.717, 1.165) is 0 Å². The highest BCUT2D eigenvalue weighted by Crippen LogP contribution is 2.36. The summed E-state index contributed by atoms with van der Waals surface area (Å²) >= 11 is 0. The van der Waals surface area contributed by atoms with Crippen molar-refractivity contribution in [3.05, 3.63) is 35.9 Å². The van der Waals surface area contributed by atoms with Crippen LogP contribution in [0, 0.1) is 5.41 Å². The molecule has 1 rings (SSSR count). The molecule has 0 unspecified atom stereocenters. The maximum Gasteiger partial charge on any atom is 0.415 e. The molecule has 0 bridgehead atoms. The minimum atomic E-state index is -5.11. The van der Waals surface area contributed by atoms with E-state index in [1.54, 1.807) is 18.2 Å². The van der Waals surface area contributed by atoms with Crippen LogP contribution < -0.4 is 5.32 Å². The van der Waals surface area contributed by atoms with E-state index >= 15 is 0 Å². The molecule has 5 nitrogen and oxygen atoms in total. The lowest BCUT2D eigenvalue weighted by atomic mass is 9.78. The number of aliphatic carboxylic acids is 1. The summed E-state index contributed by atoms with van der Waals surface area (Å²) in [6, 6.07) is 7.64. The predicted molar refractivity (Wildman–Crippen MR) is 71.2 cm³/mol. The van der Waals surface area contributed by atoms with Crippen LogP contribution in [0.5, 0.6) is 0 Å². The van der Waals surface area contributed by atoms with Crippen molar-refractivity contribution in [3.8, 4) is 0 Å². The van der Waals surface area contributed by atoms with Gasteiger partial charge in [-0.2, -0.15) is 13.2 Å². The summed E-state index contributed by atoms with van der Waals surface area (Å²) in [4.78, 5) is 23.1. The fourth-order valence-electron chi connectivity index (χ4n) is 2.00. The van der Waals surface area contributed by atoms with E-state index in [4.69, 9.17) is 5.11 Å². The molecule has 0 aliphatic carbocycles. The number of carboxylic acid groups (broad SMARTS) is 1. The number of benzene rings is 1. The molecule has 22 heavy (non-hydrogen) atoms. The first kappa shape index (κ1) is 18.0. The van der Waals surface area contributed by atoms with Crippen LogP contribution in [0.15, 0.2) is 30.3 Å². The second-order valence-corrected chi connectivity index (χ2v) is 4.81. The minimum absolute atomic E-state index is 0.180. The number of carbonyl (C=O) groups excluding carboxylic acids is 1. The Bertz CT molecular complexity index is 533. The second-order valence-electron chi connectivity index (χ2n) is 4.81. The number of halogens is 3. The van der Waals surface area contributed by atoms with Crippen LogP contribution >= 0.6 is 0 Å². The van der Waals surface area contributed by atoms with Gasteiger partial charge in [0.2, 0.25) is 0 Å². The topological polar surface area (TPSA) is 86.6 Å². The van der Waals surface area contributed by atoms with Crippen LogP contribution in [0.1, 0.15) is 23.7 Å². The standard InChI is InChI=1S/C14H16F3NO4/c1-2-13(12(21)22,11(20)14(15,16)17)8-18-10(19)9-6-4-3-5-7-9/h3-7,11,20H,2,8H2,1H3,(H,18,19)(H,21,22)/t11-,13+/m0/s1. The number of alkyl halides is 3. The average Bonchev–Trinajstić information content (AvgIpc) is 2.47. The largest absolute Gasteiger partial charge is 0.481 e. The Kier molecular flexibility index (Phi) is 5.54. The maximum absolute atomic E-state index is 12.7. The molecule has 0 heterocycles. The molecule has 1 aromatic rings. The van der Waals surface area contributed by atoms with Crippen molar-refractivity contribution in [3.63, 3.8) is 0 Å². The molecular weight excluding hydrogens is 303 g/mol. The van der Waals surface area contributed by atoms with E-state index in [1.165, 1.54) is 19.1 Å². The van der Waals surface area contributed by atoms with Crippen molar-refractivity contribution in [2.24, 2.45) is 5.41 Å². The van der Waals surface area contributed by atoms with Crippen molar-refractivity contribution in [2.45, 2.75) is 25.6 Å². The lowest BCUT2D eigenvalue weighted by molar-refractivity contribution is -0.242. The van der Waals surface area contributed by atoms with Crippen molar-refractivity contribution in [2.75, 3.05) is 6.54 Å². The Morgan fingerprint density at radius 3 is 2.18 bits per heavy atom. The fourth-order valence-corrected chi connectivity index (χ4v) is 2.00. The van der Waals surface area contributed by atoms with Gasteiger partial charge in [-0.25, -0.2) is 0 Å². The average molecular weight is 319 g/mol. The Labute approximate surface area is 124 Å². The summed E-state index contributed by atoms with van der Waals surface area (Å²) in [5.74, 6) is -2.54. The molecule has 0 fully saturated rings. The molecule has 0 radical (unpaired) electrons. The summed E-state index contributed by atoms with van der Waals surface area (Å²) in [6.45, 7) is 0.366. The smallest absolute Gasteiger partial charge is 0.415 e. The Hall–Kier alpha value is -2.09. The van der Waals surface area contributed by atoms with Gasteiger partial charge in [0.25, 0.3) is 5.91 Å². The summed E-state index contributed by atoms with van der Waals surface area (Å²) in [7, 11) is 0. The van der Waals surface area contributed by atoms with Crippen LogP contribution in [0.4, 0.5) is 13.2 Å². The van der Waals surface area contributed by atoms with Crippen molar-refractivity contribution < 1.29 is 33.0 Å². The molecule has 0 aliphatic heterocycles. The number of hydrogen-bond donors (Lipinski definition) is 3. The van der Waals surface area contributed by atoms with Gasteiger partial charge in [-0.15, -0.1) is 0 Å². The number of rotatable bonds is 6. The third kappa shape index (κ3) is 3.76. The summed E-state index contributed by atoms with van der Waals surface area (Å²) in [6.07, 6.45) is -8.69. The second kappa shape index (κ2) is 6.78. The highest BCUT2D eigenvalue weighted by Gasteiger charge is 2.56. The van der Waals surface area contributed by atoms with E-state index in [0.29, 0.717) is 0 Å².